The highest BCUT2D eigenvalue weighted by molar-refractivity contribution is 6.02. The minimum atomic E-state index is -0.418. The molecule has 4 heteroatoms. The predicted molar refractivity (Wildman–Crippen MR) is 164 cm³/mol. The van der Waals surface area contributed by atoms with Gasteiger partial charge < -0.3 is 0 Å². The maximum absolute atomic E-state index is 13.8. The Balaban J connectivity index is 1.19. The second kappa shape index (κ2) is 12.4. The van der Waals surface area contributed by atoms with Crippen LogP contribution in [0.3, 0.4) is 0 Å². The lowest BCUT2D eigenvalue weighted by Gasteiger charge is -2.23. The Hall–Kier alpha value is -4.80. The Morgan fingerprint density at radius 3 is 1.64 bits per heavy atom. The molecule has 5 aromatic carbocycles. The molecule has 1 radical (unpaired) electrons. The molecular weight excluding hydrogens is 518 g/mol. The Morgan fingerprint density at radius 2 is 1.12 bits per heavy atom. The summed E-state index contributed by atoms with van der Waals surface area (Å²) in [5.74, 6) is -0.170. The number of benzene rings is 5. The molecule has 0 spiro atoms. The van der Waals surface area contributed by atoms with Gasteiger partial charge in [-0.1, -0.05) is 121 Å². The number of hydrogen-bond acceptors (Lipinski definition) is 3. The highest BCUT2D eigenvalue weighted by Gasteiger charge is 2.61. The summed E-state index contributed by atoms with van der Waals surface area (Å²) in [4.78, 5) is 33.2. The fourth-order valence-corrected chi connectivity index (χ4v) is 5.96. The van der Waals surface area contributed by atoms with Gasteiger partial charge in [0.05, 0.1) is 11.1 Å². The van der Waals surface area contributed by atoms with Crippen molar-refractivity contribution in [3.63, 3.8) is 0 Å². The van der Waals surface area contributed by atoms with Crippen LogP contribution in [0.1, 0.15) is 67.8 Å². The van der Waals surface area contributed by atoms with Crippen LogP contribution < -0.4 is 5.06 Å². The van der Waals surface area contributed by atoms with Gasteiger partial charge in [0.25, 0.3) is 0 Å². The van der Waals surface area contributed by atoms with Crippen LogP contribution in [0.15, 0.2) is 146 Å². The van der Waals surface area contributed by atoms with E-state index >= 15 is 0 Å². The fraction of sp³-hybridized carbons (Fsp3) is 0.158. The maximum Gasteiger partial charge on any atom is 0.478 e. The lowest BCUT2D eigenvalue weighted by atomic mass is 10.0. The smallest absolute Gasteiger partial charge is 0.272 e. The first-order valence-corrected chi connectivity index (χ1v) is 14.5. The summed E-state index contributed by atoms with van der Waals surface area (Å²) in [6.45, 7) is 2.59. The highest BCUT2D eigenvalue weighted by atomic mass is 16.7. The van der Waals surface area contributed by atoms with E-state index in [0.29, 0.717) is 22.7 Å². The summed E-state index contributed by atoms with van der Waals surface area (Å²) >= 11 is 0. The number of quaternary nitrogens is 1. The van der Waals surface area contributed by atoms with Gasteiger partial charge in [-0.15, -0.1) is 5.06 Å². The highest BCUT2D eigenvalue weighted by Crippen LogP contribution is 2.61. The third-order valence-electron chi connectivity index (χ3n) is 8.32. The van der Waals surface area contributed by atoms with Gasteiger partial charge in [-0.3, -0.25) is 4.84 Å². The van der Waals surface area contributed by atoms with Crippen LogP contribution in [0, 0.1) is 5.92 Å². The van der Waals surface area contributed by atoms with Gasteiger partial charge in [0, 0.05) is 23.0 Å². The number of nitrogens with one attached hydrogen (secondary N) is 1. The molecule has 5 aromatic rings. The van der Waals surface area contributed by atoms with Crippen molar-refractivity contribution >= 4 is 11.8 Å². The standard InChI is InChI=1S/C38H33NO3/c1-27(29-16-8-3-9-17-29)39(26-28-14-6-2-7-15-28)42-38(41)33-24-22-32(23-25-33)37(40)36-34(30-18-10-4-11-19-30)35(36)31-20-12-5-13-21-31/h2-25,27,34-36H,26H2,1H3/q+1/p+1/t27-,34+,35+/m1/s1. The molecule has 1 fully saturated rings. The second-order valence-corrected chi connectivity index (χ2v) is 11.0. The van der Waals surface area contributed by atoms with Gasteiger partial charge in [-0.2, -0.15) is 0 Å². The van der Waals surface area contributed by atoms with E-state index in [1.54, 1.807) is 24.3 Å². The lowest BCUT2D eigenvalue weighted by Crippen LogP contribution is -3.10. The van der Waals surface area contributed by atoms with Crippen molar-refractivity contribution in [2.75, 3.05) is 0 Å². The molecular formula is C38H34NO3+2. The summed E-state index contributed by atoms with van der Waals surface area (Å²) < 4.78 is 0. The first kappa shape index (κ1) is 27.4. The topological polar surface area (TPSA) is 50.6 Å². The molecule has 1 aliphatic carbocycles. The molecule has 1 aliphatic rings. The zero-order valence-electron chi connectivity index (χ0n) is 23.6. The van der Waals surface area contributed by atoms with Crippen LogP contribution in [-0.4, -0.2) is 11.8 Å². The van der Waals surface area contributed by atoms with Crippen molar-refractivity contribution in [3.05, 3.63) is 179 Å². The van der Waals surface area contributed by atoms with Gasteiger partial charge >= 0.3 is 11.8 Å². The predicted octanol–water partition coefficient (Wildman–Crippen LogP) is 6.98. The van der Waals surface area contributed by atoms with Crippen molar-refractivity contribution in [1.29, 1.82) is 0 Å². The van der Waals surface area contributed by atoms with E-state index in [9.17, 15) is 9.59 Å². The van der Waals surface area contributed by atoms with E-state index in [-0.39, 0.29) is 29.6 Å². The summed E-state index contributed by atoms with van der Waals surface area (Å²) in [5.41, 5.74) is 5.56. The summed E-state index contributed by atoms with van der Waals surface area (Å²) in [6.07, 6.45) is 0. The minimum Gasteiger partial charge on any atom is -0.272 e. The summed E-state index contributed by atoms with van der Waals surface area (Å²) in [5, 5.41) is 0.687. The number of carbonyl (C=O) groups is 2. The van der Waals surface area contributed by atoms with Gasteiger partial charge in [-0.05, 0) is 42.3 Å². The third-order valence-corrected chi connectivity index (χ3v) is 8.32. The van der Waals surface area contributed by atoms with E-state index in [0.717, 1.165) is 11.1 Å². The van der Waals surface area contributed by atoms with E-state index in [2.05, 4.69) is 31.2 Å². The number of carbonyl (C=O) groups excluding carboxylic acids is 2. The van der Waals surface area contributed by atoms with Gasteiger partial charge in [0.2, 0.25) is 4.79 Å². The zero-order valence-corrected chi connectivity index (χ0v) is 23.6. The minimum absolute atomic E-state index is 0.0732. The maximum atomic E-state index is 13.8. The molecule has 0 aromatic heterocycles. The number of hydroxylamine groups is 2. The Labute approximate surface area is 247 Å². The molecule has 4 atom stereocenters. The molecule has 1 unspecified atom stereocenters. The van der Waals surface area contributed by atoms with Gasteiger partial charge in [0.1, 0.15) is 18.5 Å². The molecule has 0 heterocycles. The average Bonchev–Trinajstić information content (AvgIpc) is 3.81. The molecule has 42 heavy (non-hydrogen) atoms. The molecule has 207 valence electrons. The second-order valence-electron chi connectivity index (χ2n) is 11.0. The molecule has 6 rings (SSSR count). The number of hydrogen-bond donors (Lipinski definition) is 1. The van der Waals surface area contributed by atoms with E-state index < -0.39 is 5.97 Å². The van der Waals surface area contributed by atoms with Crippen molar-refractivity contribution < 1.29 is 19.5 Å². The van der Waals surface area contributed by atoms with Gasteiger partial charge in [0.15, 0.2) is 0 Å². The molecule has 0 bridgehead atoms. The quantitative estimate of drug-likeness (QED) is 0.115. The number of ketones is 1. The van der Waals surface area contributed by atoms with Crippen molar-refractivity contribution in [3.8, 4) is 0 Å². The normalized spacial score (nSPS) is 18.9. The molecule has 0 amide bonds. The van der Waals surface area contributed by atoms with E-state index in [1.807, 2.05) is 97.1 Å². The van der Waals surface area contributed by atoms with Crippen LogP contribution in [0.25, 0.3) is 0 Å². The van der Waals surface area contributed by atoms with Crippen LogP contribution in [0.5, 0.6) is 0 Å². The molecule has 0 aliphatic heterocycles. The largest absolute Gasteiger partial charge is 0.478 e. The van der Waals surface area contributed by atoms with Crippen LogP contribution in [-0.2, 0) is 11.4 Å². The zero-order chi connectivity index (χ0) is 28.9. The summed E-state index contributed by atoms with van der Waals surface area (Å²) in [6, 6.07) is 47.5. The first-order valence-electron chi connectivity index (χ1n) is 14.5. The lowest BCUT2D eigenvalue weighted by molar-refractivity contribution is -1.11. The van der Waals surface area contributed by atoms with Gasteiger partial charge in [-0.25, -0.2) is 4.79 Å². The van der Waals surface area contributed by atoms with Crippen molar-refractivity contribution in [2.45, 2.75) is 31.3 Å². The van der Waals surface area contributed by atoms with E-state index in [4.69, 9.17) is 4.84 Å². The monoisotopic (exact) mass is 552 g/mol. The number of Topliss-reactive ketones (excluding diaryl/α,β-unsaturated/α-hetero) is 1. The number of rotatable bonds is 10. The first-order chi connectivity index (χ1) is 20.6. The van der Waals surface area contributed by atoms with Crippen molar-refractivity contribution in [2.24, 2.45) is 5.92 Å². The summed E-state index contributed by atoms with van der Waals surface area (Å²) in [7, 11) is 0. The molecule has 1 saturated carbocycles. The van der Waals surface area contributed by atoms with Crippen LogP contribution in [0.4, 0.5) is 0 Å². The fourth-order valence-electron chi connectivity index (χ4n) is 5.96. The molecule has 4 nitrogen and oxygen atoms in total. The van der Waals surface area contributed by atoms with Crippen LogP contribution >= 0.6 is 0 Å². The molecule has 0 saturated heterocycles. The Kier molecular flexibility index (Phi) is 8.07. The Bertz CT molecular complexity index is 1580. The SMILES string of the molecule is C[C@H](c1ccccc1)[NH+](Cc1ccccc1)OC(=O)c1ccc(C(=[O+])C2[C@@H](c3ccccc3)[C@@H]2c2ccccc2)cc1. The molecule has 1 N–H and O–H groups in total. The Morgan fingerprint density at radius 1 is 0.667 bits per heavy atom. The van der Waals surface area contributed by atoms with Crippen molar-refractivity contribution in [1.82, 2.24) is 0 Å². The van der Waals surface area contributed by atoms with E-state index in [1.165, 1.54) is 11.1 Å². The third kappa shape index (κ3) is 5.95. The average molecular weight is 553 g/mol. The van der Waals surface area contributed by atoms with Crippen LogP contribution in [0.2, 0.25) is 0 Å².